The molecule has 2 atom stereocenters. The fraction of sp³-hybridized carbons (Fsp3) is 0.286. The van der Waals surface area contributed by atoms with Crippen LogP contribution >= 0.6 is 0 Å². The number of aromatic nitrogens is 4. The zero-order valence-electron chi connectivity index (χ0n) is 16.1. The van der Waals surface area contributed by atoms with Gasteiger partial charge < -0.3 is 15.0 Å². The molecule has 2 unspecified atom stereocenters. The number of rotatable bonds is 4. The average molecular weight is 404 g/mol. The lowest BCUT2D eigenvalue weighted by Crippen LogP contribution is -2.46. The maximum atomic E-state index is 13.4. The molecular formula is C21H20N6O3. The number of hydrogen-bond donors (Lipinski definition) is 1. The molecule has 1 N–H and O–H groups in total. The second-order valence-electron chi connectivity index (χ2n) is 7.49. The first-order chi connectivity index (χ1) is 14.7. The molecule has 5 rings (SSSR count). The third-order valence-corrected chi connectivity index (χ3v) is 5.51. The van der Waals surface area contributed by atoms with Crippen molar-refractivity contribution in [1.29, 1.82) is 0 Å². The highest BCUT2D eigenvalue weighted by molar-refractivity contribution is 6.07. The molecule has 3 heterocycles. The van der Waals surface area contributed by atoms with Crippen molar-refractivity contribution >= 4 is 17.5 Å². The van der Waals surface area contributed by atoms with Gasteiger partial charge in [0.1, 0.15) is 12.9 Å². The number of nitrogens with one attached hydrogen (secondary N) is 1. The van der Waals surface area contributed by atoms with E-state index < -0.39 is 0 Å². The van der Waals surface area contributed by atoms with Crippen molar-refractivity contribution in [2.24, 2.45) is 0 Å². The van der Waals surface area contributed by atoms with Crippen LogP contribution < -0.4 is 10.2 Å². The number of benzene rings is 2. The highest BCUT2D eigenvalue weighted by atomic mass is 16.5. The summed E-state index contributed by atoms with van der Waals surface area (Å²) < 4.78 is 6.89. The number of amides is 2. The van der Waals surface area contributed by atoms with Crippen molar-refractivity contribution in [3.63, 3.8) is 0 Å². The van der Waals surface area contributed by atoms with E-state index in [2.05, 4.69) is 26.9 Å². The zero-order chi connectivity index (χ0) is 20.5. The van der Waals surface area contributed by atoms with Crippen LogP contribution in [0.5, 0.6) is 0 Å². The van der Waals surface area contributed by atoms with E-state index in [9.17, 15) is 9.59 Å². The molecule has 0 saturated carbocycles. The Balaban J connectivity index is 1.40. The second-order valence-corrected chi connectivity index (χ2v) is 7.49. The predicted molar refractivity (Wildman–Crippen MR) is 107 cm³/mol. The van der Waals surface area contributed by atoms with Gasteiger partial charge in [-0.2, -0.15) is 0 Å². The monoisotopic (exact) mass is 404 g/mol. The standard InChI is InChI=1S/C21H20N6O3/c28-20-12-30-11-16(23-20)8-15-10-26(19-7-2-1-6-18(15)19)21(29)14-4-3-5-17(9-14)27-13-22-24-25-27/h1-7,9,13,15-16H,8,10-12H2,(H,23,28). The van der Waals surface area contributed by atoms with Crippen molar-refractivity contribution in [3.05, 3.63) is 66.0 Å². The number of para-hydroxylation sites is 1. The number of tetrazole rings is 1. The number of hydrogen-bond acceptors (Lipinski definition) is 6. The number of fused-ring (bicyclic) bond motifs is 1. The van der Waals surface area contributed by atoms with Gasteiger partial charge in [-0.15, -0.1) is 5.10 Å². The molecule has 2 aliphatic heterocycles. The van der Waals surface area contributed by atoms with E-state index in [1.807, 2.05) is 35.2 Å². The Bertz CT molecular complexity index is 1080. The van der Waals surface area contributed by atoms with E-state index in [-0.39, 0.29) is 30.4 Å². The van der Waals surface area contributed by atoms with Gasteiger partial charge in [-0.25, -0.2) is 4.68 Å². The number of nitrogens with zero attached hydrogens (tertiary/aromatic N) is 5. The minimum atomic E-state index is -0.0927. The SMILES string of the molecule is O=C1COCC(CC2CN(C(=O)c3cccc(-n4cnnn4)c3)c3ccccc32)N1. The van der Waals surface area contributed by atoms with Gasteiger partial charge >= 0.3 is 0 Å². The largest absolute Gasteiger partial charge is 0.370 e. The molecular weight excluding hydrogens is 384 g/mol. The molecule has 152 valence electrons. The average Bonchev–Trinajstić information content (AvgIpc) is 3.43. The van der Waals surface area contributed by atoms with Gasteiger partial charge in [0.05, 0.1) is 18.3 Å². The molecule has 0 spiro atoms. The van der Waals surface area contributed by atoms with E-state index in [0.29, 0.717) is 18.7 Å². The van der Waals surface area contributed by atoms with Crippen molar-refractivity contribution in [2.75, 3.05) is 24.7 Å². The Morgan fingerprint density at radius 1 is 1.20 bits per heavy atom. The summed E-state index contributed by atoms with van der Waals surface area (Å²) in [5.41, 5.74) is 3.30. The normalized spacial score (nSPS) is 20.7. The lowest BCUT2D eigenvalue weighted by molar-refractivity contribution is -0.131. The number of ether oxygens (including phenoxy) is 1. The highest BCUT2D eigenvalue weighted by Gasteiger charge is 2.35. The summed E-state index contributed by atoms with van der Waals surface area (Å²) in [6, 6.07) is 15.1. The number of morpholine rings is 1. The maximum absolute atomic E-state index is 13.4. The summed E-state index contributed by atoms with van der Waals surface area (Å²) in [4.78, 5) is 26.9. The van der Waals surface area contributed by atoms with E-state index in [1.54, 1.807) is 12.1 Å². The van der Waals surface area contributed by atoms with Crippen molar-refractivity contribution in [1.82, 2.24) is 25.5 Å². The summed E-state index contributed by atoms with van der Waals surface area (Å²) >= 11 is 0. The molecule has 2 aromatic carbocycles. The summed E-state index contributed by atoms with van der Waals surface area (Å²) in [5, 5.41) is 14.2. The number of carbonyl (C=O) groups is 2. The van der Waals surface area contributed by atoms with Crippen LogP contribution in [0.4, 0.5) is 5.69 Å². The van der Waals surface area contributed by atoms with Gasteiger partial charge in [0.15, 0.2) is 0 Å². The Labute approximate surface area is 172 Å². The molecule has 0 radical (unpaired) electrons. The smallest absolute Gasteiger partial charge is 0.258 e. The lowest BCUT2D eigenvalue weighted by atomic mass is 9.94. The van der Waals surface area contributed by atoms with Crippen LogP contribution in [0.25, 0.3) is 5.69 Å². The van der Waals surface area contributed by atoms with E-state index >= 15 is 0 Å². The first-order valence-corrected chi connectivity index (χ1v) is 9.80. The molecule has 2 amide bonds. The summed E-state index contributed by atoms with van der Waals surface area (Å²) in [5.74, 6) is -0.0477. The van der Waals surface area contributed by atoms with Gasteiger partial charge in [0.25, 0.3) is 5.91 Å². The summed E-state index contributed by atoms with van der Waals surface area (Å²) in [6.07, 6.45) is 2.21. The highest BCUT2D eigenvalue weighted by Crippen LogP contribution is 2.39. The van der Waals surface area contributed by atoms with Crippen LogP contribution in [0.1, 0.15) is 28.3 Å². The first kappa shape index (κ1) is 18.4. The van der Waals surface area contributed by atoms with Gasteiger partial charge in [0, 0.05) is 23.7 Å². The van der Waals surface area contributed by atoms with Crippen LogP contribution in [0, 0.1) is 0 Å². The topological polar surface area (TPSA) is 102 Å². The summed E-state index contributed by atoms with van der Waals surface area (Å²) in [7, 11) is 0. The summed E-state index contributed by atoms with van der Waals surface area (Å²) in [6.45, 7) is 1.16. The molecule has 9 nitrogen and oxygen atoms in total. The van der Waals surface area contributed by atoms with Crippen LogP contribution in [-0.2, 0) is 9.53 Å². The molecule has 30 heavy (non-hydrogen) atoms. The van der Waals surface area contributed by atoms with Gasteiger partial charge in [0.2, 0.25) is 5.91 Å². The minimum Gasteiger partial charge on any atom is -0.370 e. The van der Waals surface area contributed by atoms with Crippen LogP contribution in [0.15, 0.2) is 54.9 Å². The van der Waals surface area contributed by atoms with Gasteiger partial charge in [-0.05, 0) is 46.7 Å². The van der Waals surface area contributed by atoms with Crippen LogP contribution in [-0.4, -0.2) is 57.8 Å². The van der Waals surface area contributed by atoms with E-state index in [4.69, 9.17) is 4.74 Å². The van der Waals surface area contributed by atoms with Crippen molar-refractivity contribution in [3.8, 4) is 5.69 Å². The molecule has 1 saturated heterocycles. The minimum absolute atomic E-state index is 0.0532. The maximum Gasteiger partial charge on any atom is 0.258 e. The quantitative estimate of drug-likeness (QED) is 0.704. The number of carbonyl (C=O) groups excluding carboxylic acids is 2. The third-order valence-electron chi connectivity index (χ3n) is 5.51. The molecule has 9 heteroatoms. The molecule has 1 aromatic heterocycles. The molecule has 0 aliphatic carbocycles. The van der Waals surface area contributed by atoms with Gasteiger partial charge in [-0.1, -0.05) is 24.3 Å². The van der Waals surface area contributed by atoms with Gasteiger partial charge in [-0.3, -0.25) is 9.59 Å². The first-order valence-electron chi connectivity index (χ1n) is 9.80. The molecule has 0 bridgehead atoms. The van der Waals surface area contributed by atoms with E-state index in [1.165, 1.54) is 11.0 Å². The van der Waals surface area contributed by atoms with Crippen LogP contribution in [0.2, 0.25) is 0 Å². The molecule has 2 aliphatic rings. The Morgan fingerprint density at radius 2 is 2.10 bits per heavy atom. The zero-order valence-corrected chi connectivity index (χ0v) is 16.1. The molecule has 3 aromatic rings. The number of anilines is 1. The fourth-order valence-corrected chi connectivity index (χ4v) is 4.18. The third kappa shape index (κ3) is 3.43. The Kier molecular flexibility index (Phi) is 4.72. The van der Waals surface area contributed by atoms with Crippen molar-refractivity contribution < 1.29 is 14.3 Å². The predicted octanol–water partition coefficient (Wildman–Crippen LogP) is 1.31. The Morgan fingerprint density at radius 3 is 2.93 bits per heavy atom. The Hall–Kier alpha value is -3.59. The second kappa shape index (κ2) is 7.68. The molecule has 1 fully saturated rings. The lowest BCUT2D eigenvalue weighted by Gasteiger charge is -2.26. The van der Waals surface area contributed by atoms with Crippen LogP contribution in [0.3, 0.4) is 0 Å². The fourth-order valence-electron chi connectivity index (χ4n) is 4.18. The van der Waals surface area contributed by atoms with Crippen molar-refractivity contribution in [2.45, 2.75) is 18.4 Å². The van der Waals surface area contributed by atoms with E-state index in [0.717, 1.165) is 23.4 Å².